The number of ether oxygens (including phenoxy) is 1. The number of nitrogens with zero attached hydrogens (tertiary/aromatic N) is 1. The van der Waals surface area contributed by atoms with Crippen LogP contribution in [0.1, 0.15) is 15.9 Å². The number of pyridine rings is 1. The number of benzene rings is 2. The van der Waals surface area contributed by atoms with Crippen molar-refractivity contribution in [3.05, 3.63) is 64.8 Å². The monoisotopic (exact) mass is 326 g/mol. The lowest BCUT2D eigenvalue weighted by Gasteiger charge is -2.12. The van der Waals surface area contributed by atoms with Crippen LogP contribution in [0.15, 0.2) is 48.7 Å². The molecule has 23 heavy (non-hydrogen) atoms. The molecule has 0 fully saturated rings. The highest BCUT2D eigenvalue weighted by molar-refractivity contribution is 6.32. The van der Waals surface area contributed by atoms with Crippen molar-refractivity contribution >= 4 is 34.1 Å². The van der Waals surface area contributed by atoms with Crippen molar-refractivity contribution in [3.8, 4) is 5.75 Å². The number of para-hydroxylation sites is 1. The van der Waals surface area contributed by atoms with E-state index in [2.05, 4.69) is 10.3 Å². The molecule has 0 unspecified atom stereocenters. The number of anilines is 1. The van der Waals surface area contributed by atoms with E-state index >= 15 is 0 Å². The van der Waals surface area contributed by atoms with Crippen LogP contribution < -0.4 is 10.1 Å². The maximum atomic E-state index is 12.6. The zero-order chi connectivity index (χ0) is 16.4. The quantitative estimate of drug-likeness (QED) is 0.773. The molecule has 0 saturated carbocycles. The molecule has 116 valence electrons. The molecule has 1 aromatic heterocycles. The van der Waals surface area contributed by atoms with E-state index in [0.29, 0.717) is 22.0 Å². The van der Waals surface area contributed by atoms with E-state index in [1.165, 1.54) is 0 Å². The van der Waals surface area contributed by atoms with Gasteiger partial charge in [-0.3, -0.25) is 9.78 Å². The highest BCUT2D eigenvalue weighted by Gasteiger charge is 2.14. The molecular weight excluding hydrogens is 312 g/mol. The third-order valence-corrected chi connectivity index (χ3v) is 4.11. The molecule has 0 aliphatic heterocycles. The second-order valence-electron chi connectivity index (χ2n) is 5.08. The molecule has 5 heteroatoms. The van der Waals surface area contributed by atoms with Gasteiger partial charge in [0.25, 0.3) is 5.91 Å². The summed E-state index contributed by atoms with van der Waals surface area (Å²) in [5.74, 6) is 0.296. The lowest BCUT2D eigenvalue weighted by molar-refractivity contribution is 0.102. The van der Waals surface area contributed by atoms with Gasteiger partial charge in [-0.25, -0.2) is 0 Å². The van der Waals surface area contributed by atoms with E-state index in [0.717, 1.165) is 16.5 Å². The Kier molecular flexibility index (Phi) is 4.17. The summed E-state index contributed by atoms with van der Waals surface area (Å²) in [6, 6.07) is 12.5. The maximum absolute atomic E-state index is 12.6. The topological polar surface area (TPSA) is 51.2 Å². The number of carbonyl (C=O) groups is 1. The molecule has 0 bridgehead atoms. The van der Waals surface area contributed by atoms with E-state index in [1.54, 1.807) is 43.6 Å². The first-order valence-electron chi connectivity index (χ1n) is 7.10. The summed E-state index contributed by atoms with van der Waals surface area (Å²) in [5.41, 5.74) is 2.82. The number of amides is 1. The zero-order valence-electron chi connectivity index (χ0n) is 12.8. The van der Waals surface area contributed by atoms with Gasteiger partial charge in [-0.1, -0.05) is 23.7 Å². The summed E-state index contributed by atoms with van der Waals surface area (Å²) in [4.78, 5) is 16.9. The Hall–Kier alpha value is -2.59. The molecule has 0 spiro atoms. The number of fused-ring (bicyclic) bond motifs is 1. The van der Waals surface area contributed by atoms with Crippen LogP contribution in [0.2, 0.25) is 5.02 Å². The van der Waals surface area contributed by atoms with Crippen molar-refractivity contribution in [2.24, 2.45) is 0 Å². The van der Waals surface area contributed by atoms with Gasteiger partial charge in [0.2, 0.25) is 0 Å². The number of rotatable bonds is 3. The van der Waals surface area contributed by atoms with Gasteiger partial charge in [-0.15, -0.1) is 0 Å². The molecule has 0 aliphatic rings. The molecular formula is C18H15ClN2O2. The van der Waals surface area contributed by atoms with Gasteiger partial charge in [-0.2, -0.15) is 0 Å². The van der Waals surface area contributed by atoms with Gasteiger partial charge < -0.3 is 10.1 Å². The van der Waals surface area contributed by atoms with Gasteiger partial charge in [0.1, 0.15) is 5.75 Å². The van der Waals surface area contributed by atoms with E-state index in [-0.39, 0.29) is 5.91 Å². The summed E-state index contributed by atoms with van der Waals surface area (Å²) in [6.45, 7) is 1.91. The Morgan fingerprint density at radius 2 is 1.96 bits per heavy atom. The summed E-state index contributed by atoms with van der Waals surface area (Å²) < 4.78 is 5.24. The number of hydrogen-bond acceptors (Lipinski definition) is 3. The number of carbonyl (C=O) groups excluding carboxylic acids is 1. The molecule has 1 heterocycles. The van der Waals surface area contributed by atoms with Crippen molar-refractivity contribution in [2.75, 3.05) is 12.4 Å². The van der Waals surface area contributed by atoms with Crippen molar-refractivity contribution < 1.29 is 9.53 Å². The fourth-order valence-corrected chi connectivity index (χ4v) is 2.62. The molecule has 2 aromatic carbocycles. The van der Waals surface area contributed by atoms with E-state index < -0.39 is 0 Å². The predicted molar refractivity (Wildman–Crippen MR) is 92.4 cm³/mol. The van der Waals surface area contributed by atoms with Crippen LogP contribution >= 0.6 is 11.6 Å². The van der Waals surface area contributed by atoms with Crippen LogP contribution in [0, 0.1) is 6.92 Å². The number of methoxy groups -OCH3 is 1. The van der Waals surface area contributed by atoms with E-state index in [9.17, 15) is 4.79 Å². The van der Waals surface area contributed by atoms with Crippen LogP contribution in [-0.4, -0.2) is 18.0 Å². The average molecular weight is 327 g/mol. The number of halogens is 1. The Bertz CT molecular complexity index is 893. The Labute approximate surface area is 139 Å². The molecule has 3 aromatic rings. The minimum absolute atomic E-state index is 0.234. The third kappa shape index (κ3) is 2.85. The normalized spacial score (nSPS) is 10.6. The fraction of sp³-hybridized carbons (Fsp3) is 0.111. The molecule has 0 radical (unpaired) electrons. The van der Waals surface area contributed by atoms with Crippen molar-refractivity contribution in [1.29, 1.82) is 0 Å². The van der Waals surface area contributed by atoms with Crippen LogP contribution in [0.25, 0.3) is 10.9 Å². The Morgan fingerprint density at radius 1 is 1.17 bits per heavy atom. The molecule has 4 nitrogen and oxygen atoms in total. The highest BCUT2D eigenvalue weighted by Crippen LogP contribution is 2.29. The summed E-state index contributed by atoms with van der Waals surface area (Å²) in [5, 5.41) is 4.42. The second-order valence-corrected chi connectivity index (χ2v) is 5.49. The van der Waals surface area contributed by atoms with Crippen molar-refractivity contribution in [1.82, 2.24) is 4.98 Å². The number of nitrogens with one attached hydrogen (secondary N) is 1. The molecule has 0 aliphatic carbocycles. The van der Waals surface area contributed by atoms with Crippen molar-refractivity contribution in [3.63, 3.8) is 0 Å². The van der Waals surface area contributed by atoms with Crippen LogP contribution in [0.4, 0.5) is 5.69 Å². The highest BCUT2D eigenvalue weighted by atomic mass is 35.5. The van der Waals surface area contributed by atoms with E-state index in [4.69, 9.17) is 16.3 Å². The molecule has 0 atom stereocenters. The first-order chi connectivity index (χ1) is 11.1. The van der Waals surface area contributed by atoms with Crippen LogP contribution in [0.5, 0.6) is 5.75 Å². The number of aryl methyl sites for hydroxylation is 1. The fourth-order valence-electron chi connectivity index (χ4n) is 2.47. The average Bonchev–Trinajstić information content (AvgIpc) is 2.58. The first kappa shape index (κ1) is 15.3. The maximum Gasteiger partial charge on any atom is 0.259 e. The smallest absolute Gasteiger partial charge is 0.259 e. The van der Waals surface area contributed by atoms with Gasteiger partial charge >= 0.3 is 0 Å². The van der Waals surface area contributed by atoms with Gasteiger partial charge in [-0.05, 0) is 42.8 Å². The van der Waals surface area contributed by atoms with E-state index in [1.807, 2.05) is 19.1 Å². The third-order valence-electron chi connectivity index (χ3n) is 3.70. The largest absolute Gasteiger partial charge is 0.496 e. The number of hydrogen-bond donors (Lipinski definition) is 1. The Morgan fingerprint density at radius 3 is 2.74 bits per heavy atom. The minimum Gasteiger partial charge on any atom is -0.496 e. The summed E-state index contributed by atoms with van der Waals surface area (Å²) in [6.07, 6.45) is 1.66. The van der Waals surface area contributed by atoms with Gasteiger partial charge in [0.05, 0.1) is 23.9 Å². The lowest BCUT2D eigenvalue weighted by atomic mass is 10.1. The van der Waals surface area contributed by atoms with Crippen LogP contribution in [-0.2, 0) is 0 Å². The second kappa shape index (κ2) is 6.26. The Balaban J connectivity index is 2.02. The van der Waals surface area contributed by atoms with Gasteiger partial charge in [0.15, 0.2) is 0 Å². The SMILES string of the molecule is COc1ccccc1C(=O)Nc1ccnc2c(C)c(Cl)ccc12. The van der Waals surface area contributed by atoms with Crippen LogP contribution in [0.3, 0.4) is 0 Å². The van der Waals surface area contributed by atoms with Crippen molar-refractivity contribution in [2.45, 2.75) is 6.92 Å². The molecule has 3 rings (SSSR count). The number of aromatic nitrogens is 1. The standard InChI is InChI=1S/C18H15ClN2O2/c1-11-14(19)8-7-12-15(9-10-20-17(11)12)21-18(22)13-5-3-4-6-16(13)23-2/h3-10H,1-2H3,(H,20,21,22). The first-order valence-corrected chi connectivity index (χ1v) is 7.48. The zero-order valence-corrected chi connectivity index (χ0v) is 13.5. The molecule has 1 N–H and O–H groups in total. The summed E-state index contributed by atoms with van der Waals surface area (Å²) >= 11 is 6.14. The molecule has 1 amide bonds. The minimum atomic E-state index is -0.234. The summed E-state index contributed by atoms with van der Waals surface area (Å²) in [7, 11) is 1.54. The lowest BCUT2D eigenvalue weighted by Crippen LogP contribution is -2.13. The predicted octanol–water partition coefficient (Wildman–Crippen LogP) is 4.46. The molecule has 0 saturated heterocycles. The van der Waals surface area contributed by atoms with Gasteiger partial charge in [0, 0.05) is 16.6 Å².